The summed E-state index contributed by atoms with van der Waals surface area (Å²) in [6.07, 6.45) is 3.41. The molecule has 0 aliphatic carbocycles. The number of nitrogens with zero attached hydrogens (tertiary/aromatic N) is 2. The largest absolute Gasteiger partial charge is 0.346 e. The lowest BCUT2D eigenvalue weighted by Crippen LogP contribution is -2.30. The zero-order valence-corrected chi connectivity index (χ0v) is 17.6. The minimum atomic E-state index is -3.68. The Morgan fingerprint density at radius 2 is 1.73 bits per heavy atom. The summed E-state index contributed by atoms with van der Waals surface area (Å²) in [5.74, 6) is -0.431. The third-order valence-electron chi connectivity index (χ3n) is 5.20. The van der Waals surface area contributed by atoms with Crippen molar-refractivity contribution >= 4 is 21.1 Å². The first-order valence-corrected chi connectivity index (χ1v) is 11.2. The van der Waals surface area contributed by atoms with Crippen molar-refractivity contribution in [1.82, 2.24) is 14.3 Å². The number of aromatic amines is 1. The van der Waals surface area contributed by atoms with Crippen molar-refractivity contribution in [3.05, 3.63) is 72.8 Å². The van der Waals surface area contributed by atoms with Crippen LogP contribution in [0.15, 0.2) is 71.9 Å². The minimum absolute atomic E-state index is 0.177. The number of hydrogen-bond acceptors (Lipinski definition) is 3. The number of fused-ring (bicyclic) bond motifs is 1. The van der Waals surface area contributed by atoms with Crippen LogP contribution in [0.25, 0.3) is 33.3 Å². The van der Waals surface area contributed by atoms with Crippen LogP contribution in [0.3, 0.4) is 0 Å². The fourth-order valence-electron chi connectivity index (χ4n) is 3.64. The maximum atomic E-state index is 15.1. The number of H-pyrrole nitrogens is 1. The molecule has 30 heavy (non-hydrogen) atoms. The monoisotopic (exact) mass is 423 g/mol. The van der Waals surface area contributed by atoms with Gasteiger partial charge < -0.3 is 4.98 Å². The average Bonchev–Trinajstić information content (AvgIpc) is 3.22. The van der Waals surface area contributed by atoms with E-state index in [1.54, 1.807) is 62.6 Å². The SMILES string of the molecule is CCN(CC)S(=O)(=O)c1ccccc1-c1ccc(-c2cnc3[nH]ccc3c2)c(F)c1. The van der Waals surface area contributed by atoms with Crippen molar-refractivity contribution in [3.8, 4) is 22.3 Å². The first-order chi connectivity index (χ1) is 14.5. The first kappa shape index (κ1) is 20.3. The molecule has 0 aliphatic heterocycles. The molecule has 0 unspecified atom stereocenters. The molecule has 0 aliphatic rings. The molecule has 0 saturated heterocycles. The van der Waals surface area contributed by atoms with Crippen LogP contribution in [0.1, 0.15) is 13.8 Å². The van der Waals surface area contributed by atoms with Crippen molar-refractivity contribution in [3.63, 3.8) is 0 Å². The van der Waals surface area contributed by atoms with E-state index in [2.05, 4.69) is 9.97 Å². The smallest absolute Gasteiger partial charge is 0.243 e. The van der Waals surface area contributed by atoms with Gasteiger partial charge in [0.05, 0.1) is 4.90 Å². The van der Waals surface area contributed by atoms with Gasteiger partial charge in [0, 0.05) is 47.6 Å². The van der Waals surface area contributed by atoms with Gasteiger partial charge in [-0.1, -0.05) is 44.2 Å². The topological polar surface area (TPSA) is 66.1 Å². The Morgan fingerprint density at radius 3 is 2.47 bits per heavy atom. The second kappa shape index (κ2) is 8.01. The number of nitrogens with one attached hydrogen (secondary N) is 1. The molecule has 5 nitrogen and oxygen atoms in total. The molecule has 0 spiro atoms. The molecule has 0 radical (unpaired) electrons. The summed E-state index contributed by atoms with van der Waals surface area (Å²) in [4.78, 5) is 7.51. The third kappa shape index (κ3) is 3.51. The highest BCUT2D eigenvalue weighted by atomic mass is 32.2. The number of aromatic nitrogens is 2. The minimum Gasteiger partial charge on any atom is -0.346 e. The van der Waals surface area contributed by atoms with Crippen LogP contribution < -0.4 is 0 Å². The number of benzene rings is 2. The Labute approximate surface area is 175 Å². The number of pyridine rings is 1. The summed E-state index contributed by atoms with van der Waals surface area (Å²) < 4.78 is 42.6. The molecule has 7 heteroatoms. The second-order valence-electron chi connectivity index (χ2n) is 6.92. The van der Waals surface area contributed by atoms with Crippen molar-refractivity contribution in [2.24, 2.45) is 0 Å². The van der Waals surface area contributed by atoms with E-state index in [4.69, 9.17) is 0 Å². The predicted octanol–water partition coefficient (Wildman–Crippen LogP) is 5.07. The van der Waals surface area contributed by atoms with Crippen LogP contribution in [-0.2, 0) is 10.0 Å². The molecular formula is C23H22FN3O2S. The van der Waals surface area contributed by atoms with E-state index in [1.165, 1.54) is 10.4 Å². The van der Waals surface area contributed by atoms with Gasteiger partial charge in [-0.25, -0.2) is 17.8 Å². The summed E-state index contributed by atoms with van der Waals surface area (Å²) in [5.41, 5.74) is 2.81. The van der Waals surface area contributed by atoms with E-state index in [-0.39, 0.29) is 4.90 Å². The molecular weight excluding hydrogens is 401 g/mol. The lowest BCUT2D eigenvalue weighted by atomic mass is 10.00. The fraction of sp³-hybridized carbons (Fsp3) is 0.174. The highest BCUT2D eigenvalue weighted by Crippen LogP contribution is 2.33. The molecule has 1 N–H and O–H groups in total. The summed E-state index contributed by atoms with van der Waals surface area (Å²) >= 11 is 0. The van der Waals surface area contributed by atoms with Crippen LogP contribution in [0.2, 0.25) is 0 Å². The molecule has 0 bridgehead atoms. The van der Waals surface area contributed by atoms with Gasteiger partial charge in [-0.15, -0.1) is 0 Å². The number of sulfonamides is 1. The van der Waals surface area contributed by atoms with Gasteiger partial charge in [-0.05, 0) is 29.8 Å². The number of hydrogen-bond donors (Lipinski definition) is 1. The standard InChI is InChI=1S/C23H22FN3O2S/c1-3-27(4-2)30(28,29)22-8-6-5-7-20(22)16-9-10-19(21(24)14-16)18-13-17-11-12-25-23(17)26-15-18/h5-15H,3-4H2,1-2H3,(H,25,26). The van der Waals surface area contributed by atoms with Gasteiger partial charge in [0.15, 0.2) is 0 Å². The average molecular weight is 424 g/mol. The van der Waals surface area contributed by atoms with Gasteiger partial charge in [0.25, 0.3) is 0 Å². The molecule has 0 amide bonds. The molecule has 2 heterocycles. The van der Waals surface area contributed by atoms with Crippen molar-refractivity contribution in [1.29, 1.82) is 0 Å². The third-order valence-corrected chi connectivity index (χ3v) is 7.31. The highest BCUT2D eigenvalue weighted by Gasteiger charge is 2.25. The van der Waals surface area contributed by atoms with E-state index in [0.29, 0.717) is 35.3 Å². The van der Waals surface area contributed by atoms with Crippen molar-refractivity contribution in [2.45, 2.75) is 18.7 Å². The number of halogens is 1. The molecule has 4 rings (SSSR count). The Balaban J connectivity index is 1.79. The Bertz CT molecular complexity index is 1310. The van der Waals surface area contributed by atoms with Crippen molar-refractivity contribution < 1.29 is 12.8 Å². The second-order valence-corrected chi connectivity index (χ2v) is 8.83. The van der Waals surface area contributed by atoms with Gasteiger partial charge in [0.2, 0.25) is 10.0 Å². The van der Waals surface area contributed by atoms with Gasteiger partial charge >= 0.3 is 0 Å². The fourth-order valence-corrected chi connectivity index (χ4v) is 5.31. The van der Waals surface area contributed by atoms with Crippen molar-refractivity contribution in [2.75, 3.05) is 13.1 Å². The Kier molecular flexibility index (Phi) is 5.40. The lowest BCUT2D eigenvalue weighted by Gasteiger charge is -2.20. The van der Waals surface area contributed by atoms with E-state index in [1.807, 2.05) is 12.1 Å². The summed E-state index contributed by atoms with van der Waals surface area (Å²) in [6.45, 7) is 4.34. The molecule has 2 aromatic carbocycles. The van der Waals surface area contributed by atoms with Gasteiger partial charge in [0.1, 0.15) is 11.5 Å². The lowest BCUT2D eigenvalue weighted by molar-refractivity contribution is 0.445. The van der Waals surface area contributed by atoms with E-state index >= 15 is 4.39 Å². The van der Waals surface area contributed by atoms with Crippen LogP contribution in [0.4, 0.5) is 4.39 Å². The van der Waals surface area contributed by atoms with E-state index < -0.39 is 15.8 Å². The molecule has 0 atom stereocenters. The van der Waals surface area contributed by atoms with Crippen LogP contribution in [-0.4, -0.2) is 35.8 Å². The van der Waals surface area contributed by atoms with E-state index in [0.717, 1.165) is 11.0 Å². The van der Waals surface area contributed by atoms with Gasteiger partial charge in [-0.2, -0.15) is 4.31 Å². The molecule has 0 fully saturated rings. The van der Waals surface area contributed by atoms with Gasteiger partial charge in [-0.3, -0.25) is 0 Å². The Morgan fingerprint density at radius 1 is 0.967 bits per heavy atom. The maximum absolute atomic E-state index is 15.1. The summed E-state index contributed by atoms with van der Waals surface area (Å²) in [5, 5.41) is 0.895. The van der Waals surface area contributed by atoms with Crippen LogP contribution in [0, 0.1) is 5.82 Å². The Hall–Kier alpha value is -3.03. The summed E-state index contributed by atoms with van der Waals surface area (Å²) in [6, 6.07) is 15.3. The summed E-state index contributed by atoms with van der Waals surface area (Å²) in [7, 11) is -3.68. The normalized spacial score (nSPS) is 12.0. The maximum Gasteiger partial charge on any atom is 0.243 e. The molecule has 154 valence electrons. The molecule has 4 aromatic rings. The van der Waals surface area contributed by atoms with Crippen LogP contribution >= 0.6 is 0 Å². The molecule has 2 aromatic heterocycles. The quantitative estimate of drug-likeness (QED) is 0.471. The first-order valence-electron chi connectivity index (χ1n) is 9.78. The number of rotatable bonds is 6. The van der Waals surface area contributed by atoms with E-state index in [9.17, 15) is 8.42 Å². The van der Waals surface area contributed by atoms with Crippen LogP contribution in [0.5, 0.6) is 0 Å². The predicted molar refractivity (Wildman–Crippen MR) is 117 cm³/mol. The zero-order valence-electron chi connectivity index (χ0n) is 16.8. The highest BCUT2D eigenvalue weighted by molar-refractivity contribution is 7.89. The molecule has 0 saturated carbocycles. The zero-order chi connectivity index (χ0) is 21.3.